The van der Waals surface area contributed by atoms with Crippen molar-refractivity contribution in [3.63, 3.8) is 0 Å². The van der Waals surface area contributed by atoms with Crippen molar-refractivity contribution in [2.24, 2.45) is 5.41 Å². The summed E-state index contributed by atoms with van der Waals surface area (Å²) in [6.45, 7) is 2.18. The molecular formula is C11H17N3O2S. The van der Waals surface area contributed by atoms with Crippen molar-refractivity contribution < 1.29 is 9.53 Å². The lowest BCUT2D eigenvalue weighted by atomic mass is 9.79. The summed E-state index contributed by atoms with van der Waals surface area (Å²) in [7, 11) is 1.64. The number of thiazole rings is 1. The summed E-state index contributed by atoms with van der Waals surface area (Å²) in [5, 5.41) is 8.65. The van der Waals surface area contributed by atoms with Gasteiger partial charge in [-0.15, -0.1) is 11.3 Å². The highest BCUT2D eigenvalue weighted by Gasteiger charge is 2.39. The Bertz CT molecular complexity index is 355. The highest BCUT2D eigenvalue weighted by atomic mass is 32.1. The Morgan fingerprint density at radius 2 is 2.41 bits per heavy atom. The normalized spacial score (nSPS) is 18.9. The Morgan fingerprint density at radius 1 is 1.65 bits per heavy atom. The molecule has 0 unspecified atom stereocenters. The van der Waals surface area contributed by atoms with Crippen molar-refractivity contribution in [2.45, 2.75) is 12.8 Å². The zero-order valence-electron chi connectivity index (χ0n) is 9.86. The van der Waals surface area contributed by atoms with Crippen LogP contribution in [0, 0.1) is 5.41 Å². The van der Waals surface area contributed by atoms with Crippen LogP contribution in [0.2, 0.25) is 0 Å². The largest absolute Gasteiger partial charge is 0.384 e. The number of hydrogen-bond acceptors (Lipinski definition) is 5. The lowest BCUT2D eigenvalue weighted by Gasteiger charge is -2.35. The SMILES string of the molecule is COCC1(C(=O)Nc2nccs2)CCNCC1. The first kappa shape index (κ1) is 12.5. The van der Waals surface area contributed by atoms with E-state index in [2.05, 4.69) is 15.6 Å². The summed E-state index contributed by atoms with van der Waals surface area (Å²) < 4.78 is 5.22. The maximum Gasteiger partial charge on any atom is 0.234 e. The maximum absolute atomic E-state index is 12.3. The Labute approximate surface area is 105 Å². The molecule has 1 amide bonds. The predicted octanol–water partition coefficient (Wildman–Crippen LogP) is 1.10. The van der Waals surface area contributed by atoms with Gasteiger partial charge in [0.05, 0.1) is 12.0 Å². The van der Waals surface area contributed by atoms with Gasteiger partial charge in [0, 0.05) is 18.7 Å². The van der Waals surface area contributed by atoms with Gasteiger partial charge < -0.3 is 15.4 Å². The van der Waals surface area contributed by atoms with E-state index < -0.39 is 5.41 Å². The molecule has 1 saturated heterocycles. The second kappa shape index (κ2) is 5.57. The van der Waals surface area contributed by atoms with Gasteiger partial charge in [-0.05, 0) is 25.9 Å². The third-order valence-electron chi connectivity index (χ3n) is 3.12. The van der Waals surface area contributed by atoms with Crippen LogP contribution in [0.5, 0.6) is 0 Å². The number of nitrogens with one attached hydrogen (secondary N) is 2. The second-order valence-electron chi connectivity index (χ2n) is 4.25. The Hall–Kier alpha value is -0.980. The standard InChI is InChI=1S/C11H17N3O2S/c1-16-8-11(2-4-12-5-3-11)9(15)14-10-13-6-7-17-10/h6-7,12H,2-5,8H2,1H3,(H,13,14,15). The average molecular weight is 255 g/mol. The molecule has 6 heteroatoms. The summed E-state index contributed by atoms with van der Waals surface area (Å²) in [5.41, 5.74) is -0.411. The number of nitrogens with zero attached hydrogens (tertiary/aromatic N) is 1. The van der Waals surface area contributed by atoms with Gasteiger partial charge in [0.25, 0.3) is 0 Å². The summed E-state index contributed by atoms with van der Waals surface area (Å²) in [5.74, 6) is 0.0239. The Kier molecular flexibility index (Phi) is 4.09. The number of rotatable bonds is 4. The van der Waals surface area contributed by atoms with Crippen molar-refractivity contribution in [1.82, 2.24) is 10.3 Å². The van der Waals surface area contributed by atoms with Gasteiger partial charge in [0.2, 0.25) is 5.91 Å². The van der Waals surface area contributed by atoms with Crippen LogP contribution in [0.3, 0.4) is 0 Å². The number of carbonyl (C=O) groups excluding carboxylic acids is 1. The average Bonchev–Trinajstić information content (AvgIpc) is 2.83. The molecule has 2 rings (SSSR count). The van der Waals surface area contributed by atoms with Gasteiger partial charge in [-0.3, -0.25) is 4.79 Å². The minimum Gasteiger partial charge on any atom is -0.384 e. The highest BCUT2D eigenvalue weighted by molar-refractivity contribution is 7.13. The van der Waals surface area contributed by atoms with Crippen LogP contribution >= 0.6 is 11.3 Å². The first-order valence-corrected chi connectivity index (χ1v) is 6.55. The quantitative estimate of drug-likeness (QED) is 0.845. The fraction of sp³-hybridized carbons (Fsp3) is 0.636. The number of carbonyl (C=O) groups is 1. The van der Waals surface area contributed by atoms with Crippen molar-refractivity contribution >= 4 is 22.4 Å². The van der Waals surface area contributed by atoms with Gasteiger partial charge in [-0.1, -0.05) is 0 Å². The molecule has 0 bridgehead atoms. The van der Waals surface area contributed by atoms with Crippen LogP contribution in [0.15, 0.2) is 11.6 Å². The van der Waals surface area contributed by atoms with Gasteiger partial charge in [0.15, 0.2) is 5.13 Å². The number of methoxy groups -OCH3 is 1. The minimum absolute atomic E-state index is 0.0239. The lowest BCUT2D eigenvalue weighted by Crippen LogP contribution is -2.47. The highest BCUT2D eigenvalue weighted by Crippen LogP contribution is 2.31. The molecule has 1 aliphatic rings. The van der Waals surface area contributed by atoms with Crippen LogP contribution in [0.1, 0.15) is 12.8 Å². The van der Waals surface area contributed by atoms with Crippen molar-refractivity contribution in [3.8, 4) is 0 Å². The van der Waals surface area contributed by atoms with Gasteiger partial charge >= 0.3 is 0 Å². The third-order valence-corrected chi connectivity index (χ3v) is 3.80. The number of amides is 1. The monoisotopic (exact) mass is 255 g/mol. The summed E-state index contributed by atoms with van der Waals surface area (Å²) in [6.07, 6.45) is 3.29. The Balaban J connectivity index is 2.06. The van der Waals surface area contributed by atoms with Crippen LogP contribution in [0.25, 0.3) is 0 Å². The second-order valence-corrected chi connectivity index (χ2v) is 5.15. The molecule has 5 nitrogen and oxygen atoms in total. The van der Waals surface area contributed by atoms with E-state index in [1.54, 1.807) is 13.3 Å². The van der Waals surface area contributed by atoms with E-state index in [9.17, 15) is 4.79 Å². The van der Waals surface area contributed by atoms with E-state index in [1.807, 2.05) is 5.38 Å². The molecule has 0 spiro atoms. The molecule has 2 N–H and O–H groups in total. The fourth-order valence-electron chi connectivity index (χ4n) is 2.13. The summed E-state index contributed by atoms with van der Waals surface area (Å²) >= 11 is 1.43. The molecule has 0 atom stereocenters. The summed E-state index contributed by atoms with van der Waals surface area (Å²) in [4.78, 5) is 16.4. The van der Waals surface area contributed by atoms with E-state index >= 15 is 0 Å². The molecule has 1 aliphatic heterocycles. The zero-order valence-corrected chi connectivity index (χ0v) is 10.7. The molecule has 1 aromatic heterocycles. The molecule has 1 fully saturated rings. The minimum atomic E-state index is -0.411. The Morgan fingerprint density at radius 3 is 3.00 bits per heavy atom. The lowest BCUT2D eigenvalue weighted by molar-refractivity contribution is -0.130. The van der Waals surface area contributed by atoms with Crippen LogP contribution in [-0.2, 0) is 9.53 Å². The molecule has 94 valence electrons. The van der Waals surface area contributed by atoms with Gasteiger partial charge in [-0.2, -0.15) is 0 Å². The molecule has 17 heavy (non-hydrogen) atoms. The van der Waals surface area contributed by atoms with E-state index in [4.69, 9.17) is 4.74 Å². The van der Waals surface area contributed by atoms with Gasteiger partial charge in [0.1, 0.15) is 0 Å². The molecule has 1 aromatic rings. The number of aromatic nitrogens is 1. The third kappa shape index (κ3) is 2.83. The molecule has 0 saturated carbocycles. The van der Waals surface area contributed by atoms with Crippen LogP contribution in [0.4, 0.5) is 5.13 Å². The first-order chi connectivity index (χ1) is 8.27. The smallest absolute Gasteiger partial charge is 0.234 e. The molecule has 0 aromatic carbocycles. The van der Waals surface area contributed by atoms with Crippen LogP contribution < -0.4 is 10.6 Å². The number of piperidine rings is 1. The van der Waals surface area contributed by atoms with E-state index in [1.165, 1.54) is 11.3 Å². The van der Waals surface area contributed by atoms with Crippen molar-refractivity contribution in [2.75, 3.05) is 32.1 Å². The van der Waals surface area contributed by atoms with E-state index in [-0.39, 0.29) is 5.91 Å². The van der Waals surface area contributed by atoms with Crippen molar-refractivity contribution in [3.05, 3.63) is 11.6 Å². The predicted molar refractivity (Wildman–Crippen MR) is 67.2 cm³/mol. The molecule has 2 heterocycles. The van der Waals surface area contributed by atoms with E-state index in [0.29, 0.717) is 11.7 Å². The summed E-state index contributed by atoms with van der Waals surface area (Å²) in [6, 6.07) is 0. The van der Waals surface area contributed by atoms with Crippen LogP contribution in [-0.4, -0.2) is 37.7 Å². The fourth-order valence-corrected chi connectivity index (χ4v) is 2.66. The van der Waals surface area contributed by atoms with E-state index in [0.717, 1.165) is 25.9 Å². The number of ether oxygens (including phenoxy) is 1. The van der Waals surface area contributed by atoms with Crippen molar-refractivity contribution in [1.29, 1.82) is 0 Å². The van der Waals surface area contributed by atoms with Gasteiger partial charge in [-0.25, -0.2) is 4.98 Å². The first-order valence-electron chi connectivity index (χ1n) is 5.67. The maximum atomic E-state index is 12.3. The molecule has 0 aliphatic carbocycles. The number of anilines is 1. The molecular weight excluding hydrogens is 238 g/mol. The number of hydrogen-bond donors (Lipinski definition) is 2. The molecule has 0 radical (unpaired) electrons. The topological polar surface area (TPSA) is 63.2 Å². The zero-order chi connectivity index (χ0) is 12.1.